The number of carbonyl (C=O) groups excluding carboxylic acids is 2. The van der Waals surface area contributed by atoms with Gasteiger partial charge in [0, 0.05) is 11.1 Å². The van der Waals surface area contributed by atoms with E-state index in [2.05, 4.69) is 16.8 Å². The van der Waals surface area contributed by atoms with Crippen LogP contribution in [0.5, 0.6) is 0 Å². The first-order chi connectivity index (χ1) is 13.6. The van der Waals surface area contributed by atoms with Gasteiger partial charge in [0.25, 0.3) is 5.84 Å². The molecule has 0 bridgehead atoms. The van der Waals surface area contributed by atoms with Gasteiger partial charge in [0.2, 0.25) is 0 Å². The van der Waals surface area contributed by atoms with E-state index in [4.69, 9.17) is 11.6 Å². The van der Waals surface area contributed by atoms with Crippen LogP contribution < -0.4 is 4.90 Å². The first-order valence-electron chi connectivity index (χ1n) is 8.62. The number of rotatable bonds is 1. The fraction of sp³-hybridized carbons (Fsp3) is 0.0909. The standard InChI is InChI=1S/C22H15ClN3O2/c1-25-20-17(8-5-13-24-20)21(27)26(22(25)28)19-12-11-16(14-18(19)23)10-9-15-6-3-2-4-7-15/h2-8,11-14,17H,1H3/q+1. The Morgan fingerprint density at radius 3 is 2.57 bits per heavy atom. The number of hydrogen-bond donors (Lipinski definition) is 0. The lowest BCUT2D eigenvalue weighted by molar-refractivity contribution is -0.395. The number of halogens is 1. The molecule has 2 aliphatic rings. The predicted octanol–water partition coefficient (Wildman–Crippen LogP) is 3.50. The summed E-state index contributed by atoms with van der Waals surface area (Å²) in [5.41, 5.74) is 1.91. The van der Waals surface area contributed by atoms with E-state index in [0.717, 1.165) is 10.5 Å². The molecule has 2 aromatic rings. The molecule has 28 heavy (non-hydrogen) atoms. The summed E-state index contributed by atoms with van der Waals surface area (Å²) < 4.78 is 1.37. The molecule has 2 aromatic carbocycles. The smallest absolute Gasteiger partial charge is 0.254 e. The van der Waals surface area contributed by atoms with Crippen molar-refractivity contribution in [1.29, 1.82) is 0 Å². The SMILES string of the molecule is C[N+]1=C2N=CC=CC2C(=O)N(c2ccc(C#Cc3ccccc3)cc2Cl)C1=O. The zero-order valence-electron chi connectivity index (χ0n) is 15.0. The molecule has 0 N–H and O–H groups in total. The van der Waals surface area contributed by atoms with Gasteiger partial charge in [0.15, 0.2) is 5.92 Å². The van der Waals surface area contributed by atoms with Gasteiger partial charge in [-0.25, -0.2) is 4.79 Å². The van der Waals surface area contributed by atoms with Crippen LogP contribution in [-0.4, -0.2) is 35.6 Å². The highest BCUT2D eigenvalue weighted by atomic mass is 35.5. The summed E-state index contributed by atoms with van der Waals surface area (Å²) in [4.78, 5) is 30.9. The molecule has 3 amide bonds. The Labute approximate surface area is 167 Å². The van der Waals surface area contributed by atoms with Crippen LogP contribution in [0, 0.1) is 17.8 Å². The quantitative estimate of drug-likeness (QED) is 0.554. The maximum Gasteiger partial charge on any atom is 0.450 e. The number of fused-ring (bicyclic) bond motifs is 1. The van der Waals surface area contributed by atoms with Crippen molar-refractivity contribution in [3.8, 4) is 11.8 Å². The second kappa shape index (κ2) is 7.26. The van der Waals surface area contributed by atoms with Crippen molar-refractivity contribution in [3.63, 3.8) is 0 Å². The number of aliphatic imine (C=N–C) groups is 1. The first kappa shape index (κ1) is 17.9. The fourth-order valence-corrected chi connectivity index (χ4v) is 3.33. The van der Waals surface area contributed by atoms with Gasteiger partial charge in [0.05, 0.1) is 12.1 Å². The van der Waals surface area contributed by atoms with Gasteiger partial charge >= 0.3 is 11.9 Å². The van der Waals surface area contributed by atoms with Crippen molar-refractivity contribution in [1.82, 2.24) is 0 Å². The maximum absolute atomic E-state index is 12.9. The summed E-state index contributed by atoms with van der Waals surface area (Å²) >= 11 is 6.41. The largest absolute Gasteiger partial charge is 0.450 e. The van der Waals surface area contributed by atoms with Gasteiger partial charge in [-0.2, -0.15) is 9.48 Å². The van der Waals surface area contributed by atoms with Crippen molar-refractivity contribution >= 4 is 41.3 Å². The average molecular weight is 389 g/mol. The van der Waals surface area contributed by atoms with Crippen LogP contribution in [0.1, 0.15) is 11.1 Å². The third kappa shape index (κ3) is 3.15. The molecule has 1 atom stereocenters. The van der Waals surface area contributed by atoms with Crippen LogP contribution in [0.25, 0.3) is 0 Å². The Kier molecular flexibility index (Phi) is 4.64. The zero-order chi connectivity index (χ0) is 19.7. The van der Waals surface area contributed by atoms with Crippen LogP contribution in [0.4, 0.5) is 10.5 Å². The van der Waals surface area contributed by atoms with Crippen LogP contribution in [0.15, 0.2) is 65.7 Å². The number of amides is 3. The third-order valence-electron chi connectivity index (χ3n) is 4.50. The average Bonchev–Trinajstić information content (AvgIpc) is 2.73. The van der Waals surface area contributed by atoms with E-state index in [9.17, 15) is 9.59 Å². The Balaban J connectivity index is 1.69. The molecule has 0 aromatic heterocycles. The minimum atomic E-state index is -0.610. The number of urea groups is 1. The molecule has 1 unspecified atom stereocenters. The summed E-state index contributed by atoms with van der Waals surface area (Å²) in [6.07, 6.45) is 4.97. The molecule has 0 fully saturated rings. The molecule has 0 saturated heterocycles. The van der Waals surface area contributed by atoms with E-state index in [0.29, 0.717) is 17.1 Å². The molecule has 0 spiro atoms. The lowest BCUT2D eigenvalue weighted by Gasteiger charge is -2.25. The molecule has 0 radical (unpaired) electrons. The molecule has 2 heterocycles. The van der Waals surface area contributed by atoms with Gasteiger partial charge in [-0.3, -0.25) is 4.79 Å². The van der Waals surface area contributed by atoms with Crippen LogP contribution in [0.2, 0.25) is 5.02 Å². The monoisotopic (exact) mass is 388 g/mol. The molecule has 6 heteroatoms. The van der Waals surface area contributed by atoms with Crippen molar-refractivity contribution in [3.05, 3.63) is 76.8 Å². The fourth-order valence-electron chi connectivity index (χ4n) is 3.07. The lowest BCUT2D eigenvalue weighted by Crippen LogP contribution is -2.53. The molecular formula is C22H15ClN3O2+. The highest BCUT2D eigenvalue weighted by Crippen LogP contribution is 2.31. The Bertz CT molecular complexity index is 1140. The van der Waals surface area contributed by atoms with Gasteiger partial charge in [-0.15, -0.1) is 4.99 Å². The number of carbonyl (C=O) groups is 2. The zero-order valence-corrected chi connectivity index (χ0v) is 15.7. The predicted molar refractivity (Wildman–Crippen MR) is 109 cm³/mol. The van der Waals surface area contributed by atoms with E-state index in [1.807, 2.05) is 30.3 Å². The second-order valence-electron chi connectivity index (χ2n) is 6.30. The van der Waals surface area contributed by atoms with Crippen LogP contribution in [-0.2, 0) is 4.79 Å². The van der Waals surface area contributed by atoms with Crippen LogP contribution >= 0.6 is 11.6 Å². The molecule has 136 valence electrons. The minimum Gasteiger partial charge on any atom is -0.254 e. The number of nitrogens with zero attached hydrogens (tertiary/aromatic N) is 3. The first-order valence-corrected chi connectivity index (χ1v) is 9.00. The molecule has 5 nitrogen and oxygen atoms in total. The summed E-state index contributed by atoms with van der Waals surface area (Å²) in [7, 11) is 1.59. The Morgan fingerprint density at radius 1 is 1.07 bits per heavy atom. The van der Waals surface area contributed by atoms with Gasteiger partial charge < -0.3 is 0 Å². The van der Waals surface area contributed by atoms with E-state index in [1.165, 1.54) is 4.58 Å². The summed E-state index contributed by atoms with van der Waals surface area (Å²) in [6.45, 7) is 0. The topological polar surface area (TPSA) is 52.8 Å². The second-order valence-corrected chi connectivity index (χ2v) is 6.70. The maximum atomic E-state index is 12.9. The Morgan fingerprint density at radius 2 is 1.82 bits per heavy atom. The molecule has 0 saturated carbocycles. The number of benzene rings is 2. The molecule has 2 aliphatic heterocycles. The van der Waals surface area contributed by atoms with Crippen molar-refractivity contribution in [2.45, 2.75) is 0 Å². The normalized spacial score (nSPS) is 18.1. The van der Waals surface area contributed by atoms with Crippen LogP contribution in [0.3, 0.4) is 0 Å². The third-order valence-corrected chi connectivity index (χ3v) is 4.80. The molecule has 0 aliphatic carbocycles. The minimum absolute atomic E-state index is 0.279. The number of dihydropyridines is 1. The molecular weight excluding hydrogens is 374 g/mol. The Hall–Kier alpha value is -3.49. The lowest BCUT2D eigenvalue weighted by atomic mass is 10.0. The van der Waals surface area contributed by atoms with Gasteiger partial charge in [0.1, 0.15) is 11.9 Å². The van der Waals surface area contributed by atoms with Gasteiger partial charge in [-0.1, -0.05) is 47.7 Å². The summed E-state index contributed by atoms with van der Waals surface area (Å²) in [6, 6.07) is 14.1. The van der Waals surface area contributed by atoms with Crippen molar-refractivity contribution in [2.24, 2.45) is 10.9 Å². The number of allylic oxidation sites excluding steroid dienone is 1. The molecule has 4 rings (SSSR count). The number of imide groups is 1. The number of amidine groups is 1. The summed E-state index contributed by atoms with van der Waals surface area (Å²) in [5.74, 6) is 5.52. The number of anilines is 1. The highest BCUT2D eigenvalue weighted by Gasteiger charge is 2.46. The van der Waals surface area contributed by atoms with E-state index in [1.54, 1.807) is 43.6 Å². The van der Waals surface area contributed by atoms with E-state index < -0.39 is 11.9 Å². The van der Waals surface area contributed by atoms with E-state index in [-0.39, 0.29) is 10.9 Å². The van der Waals surface area contributed by atoms with Gasteiger partial charge in [-0.05, 0) is 36.4 Å². The van der Waals surface area contributed by atoms with Crippen molar-refractivity contribution in [2.75, 3.05) is 11.9 Å². The highest BCUT2D eigenvalue weighted by molar-refractivity contribution is 6.36. The number of hydrogen-bond acceptors (Lipinski definition) is 3. The van der Waals surface area contributed by atoms with E-state index >= 15 is 0 Å². The summed E-state index contributed by atoms with van der Waals surface area (Å²) in [5, 5.41) is 0.279. The van der Waals surface area contributed by atoms with Crippen molar-refractivity contribution < 1.29 is 14.2 Å².